The monoisotopic (exact) mass is 399 g/mol. The molecule has 0 unspecified atom stereocenters. The van der Waals surface area contributed by atoms with E-state index in [-0.39, 0.29) is 0 Å². The highest BCUT2D eigenvalue weighted by atomic mass is 19.4. The van der Waals surface area contributed by atoms with E-state index in [0.717, 1.165) is 18.3 Å². The van der Waals surface area contributed by atoms with Gasteiger partial charge in [0, 0.05) is 6.04 Å². The predicted octanol–water partition coefficient (Wildman–Crippen LogP) is 3.40. The average molecular weight is 399 g/mol. The third-order valence-corrected chi connectivity index (χ3v) is 4.77. The van der Waals surface area contributed by atoms with E-state index in [0.29, 0.717) is 30.4 Å². The van der Waals surface area contributed by atoms with Gasteiger partial charge >= 0.3 is 12.1 Å². The molecular weight excluding hydrogens is 382 g/mol. The normalized spacial score (nSPS) is 20.0. The van der Waals surface area contributed by atoms with E-state index in [1.165, 1.54) is 12.1 Å². The maximum atomic E-state index is 14.0. The fraction of sp³-hybridized carbons (Fsp3) is 0.389. The quantitative estimate of drug-likeness (QED) is 0.772. The van der Waals surface area contributed by atoms with Gasteiger partial charge < -0.3 is 10.4 Å². The summed E-state index contributed by atoms with van der Waals surface area (Å²) in [6.45, 7) is 0. The summed E-state index contributed by atoms with van der Waals surface area (Å²) in [5.74, 6) is -3.32. The van der Waals surface area contributed by atoms with Crippen molar-refractivity contribution in [1.82, 2.24) is 15.1 Å². The summed E-state index contributed by atoms with van der Waals surface area (Å²) in [6.07, 6.45) is -2.81. The summed E-state index contributed by atoms with van der Waals surface area (Å²) < 4.78 is 55.1. The molecule has 2 N–H and O–H groups in total. The Morgan fingerprint density at radius 2 is 1.79 bits per heavy atom. The number of nitrogens with zero attached hydrogens (tertiary/aromatic N) is 2. The zero-order chi connectivity index (χ0) is 20.5. The van der Waals surface area contributed by atoms with Crippen molar-refractivity contribution in [2.45, 2.75) is 37.9 Å². The number of hydrogen-bond donors (Lipinski definition) is 2. The van der Waals surface area contributed by atoms with E-state index in [1.807, 2.05) is 0 Å². The van der Waals surface area contributed by atoms with Gasteiger partial charge in [0.25, 0.3) is 5.91 Å². The molecule has 0 radical (unpaired) electrons. The Morgan fingerprint density at radius 3 is 2.36 bits per heavy atom. The number of rotatable bonds is 4. The summed E-state index contributed by atoms with van der Waals surface area (Å²) in [5, 5.41) is 15.1. The molecule has 1 aromatic heterocycles. The standard InChI is InChI=1S/C18H17F4N3O3/c19-13-3-1-2-4-14(13)25-15(18(20,21)22)12(9-23-25)16(26)24-11-7-5-10(6-8-11)17(27)28/h1-4,9-11H,5-8H2,(H,24,26)(H,27,28). The van der Waals surface area contributed by atoms with Gasteiger partial charge in [-0.3, -0.25) is 9.59 Å². The lowest BCUT2D eigenvalue weighted by Gasteiger charge is -2.26. The molecule has 0 bridgehead atoms. The maximum Gasteiger partial charge on any atom is 0.434 e. The second-order valence-electron chi connectivity index (χ2n) is 6.63. The lowest BCUT2D eigenvalue weighted by atomic mass is 9.86. The number of carbonyl (C=O) groups excluding carboxylic acids is 1. The minimum Gasteiger partial charge on any atom is -0.481 e. The minimum absolute atomic E-state index is 0.334. The first kappa shape index (κ1) is 19.8. The number of halogens is 4. The molecule has 1 heterocycles. The number of aliphatic carboxylic acids is 1. The largest absolute Gasteiger partial charge is 0.481 e. The molecule has 3 rings (SSSR count). The second-order valence-corrected chi connectivity index (χ2v) is 6.63. The molecule has 1 amide bonds. The number of aromatic nitrogens is 2. The molecule has 28 heavy (non-hydrogen) atoms. The third-order valence-electron chi connectivity index (χ3n) is 4.77. The summed E-state index contributed by atoms with van der Waals surface area (Å²) in [7, 11) is 0. The second kappa shape index (κ2) is 7.61. The molecule has 1 fully saturated rings. The maximum absolute atomic E-state index is 14.0. The lowest BCUT2D eigenvalue weighted by Crippen LogP contribution is -2.39. The van der Waals surface area contributed by atoms with Crippen molar-refractivity contribution in [2.24, 2.45) is 5.92 Å². The lowest BCUT2D eigenvalue weighted by molar-refractivity contribution is -0.144. The van der Waals surface area contributed by atoms with Gasteiger partial charge in [0.15, 0.2) is 5.69 Å². The van der Waals surface area contributed by atoms with Crippen LogP contribution in [0.5, 0.6) is 0 Å². The molecule has 1 aliphatic carbocycles. The Morgan fingerprint density at radius 1 is 1.14 bits per heavy atom. The molecule has 1 saturated carbocycles. The van der Waals surface area contributed by atoms with Crippen molar-refractivity contribution in [3.8, 4) is 5.69 Å². The molecule has 0 aliphatic heterocycles. The van der Waals surface area contributed by atoms with Crippen LogP contribution >= 0.6 is 0 Å². The van der Waals surface area contributed by atoms with E-state index in [9.17, 15) is 27.2 Å². The summed E-state index contributed by atoms with van der Waals surface area (Å²) >= 11 is 0. The molecule has 1 aliphatic rings. The van der Waals surface area contributed by atoms with E-state index >= 15 is 0 Å². The van der Waals surface area contributed by atoms with Gasteiger partial charge in [0.05, 0.1) is 17.7 Å². The van der Waals surface area contributed by atoms with Crippen molar-refractivity contribution in [1.29, 1.82) is 0 Å². The molecule has 2 aromatic rings. The minimum atomic E-state index is -4.94. The third kappa shape index (κ3) is 4.00. The fourth-order valence-electron chi connectivity index (χ4n) is 3.34. The van der Waals surface area contributed by atoms with Crippen molar-refractivity contribution >= 4 is 11.9 Å². The first-order valence-corrected chi connectivity index (χ1v) is 8.62. The smallest absolute Gasteiger partial charge is 0.434 e. The van der Waals surface area contributed by atoms with Gasteiger partial charge in [0.1, 0.15) is 11.5 Å². The Hall–Kier alpha value is -2.91. The van der Waals surface area contributed by atoms with Gasteiger partial charge in [-0.15, -0.1) is 0 Å². The molecule has 0 spiro atoms. The fourth-order valence-corrected chi connectivity index (χ4v) is 3.34. The molecule has 150 valence electrons. The van der Waals surface area contributed by atoms with Crippen LogP contribution in [0.4, 0.5) is 17.6 Å². The number of benzene rings is 1. The molecule has 0 atom stereocenters. The van der Waals surface area contributed by atoms with Crippen LogP contribution in [0.3, 0.4) is 0 Å². The highest BCUT2D eigenvalue weighted by Crippen LogP contribution is 2.34. The topological polar surface area (TPSA) is 84.2 Å². The van der Waals surface area contributed by atoms with Gasteiger partial charge in [-0.05, 0) is 37.8 Å². The number of para-hydroxylation sites is 1. The first-order chi connectivity index (χ1) is 13.2. The number of nitrogens with one attached hydrogen (secondary N) is 1. The van der Waals surface area contributed by atoms with Crippen LogP contribution < -0.4 is 5.32 Å². The number of alkyl halides is 3. The first-order valence-electron chi connectivity index (χ1n) is 8.62. The number of carboxylic acids is 1. The van der Waals surface area contributed by atoms with Gasteiger partial charge in [-0.1, -0.05) is 12.1 Å². The SMILES string of the molecule is O=C(NC1CCC(C(=O)O)CC1)c1cnn(-c2ccccc2F)c1C(F)(F)F. The Bertz CT molecular complexity index is 886. The van der Waals surface area contributed by atoms with E-state index in [1.54, 1.807) is 0 Å². The highest BCUT2D eigenvalue weighted by Gasteiger charge is 2.41. The van der Waals surface area contributed by atoms with Gasteiger partial charge in [-0.2, -0.15) is 18.3 Å². The van der Waals surface area contributed by atoms with Crippen LogP contribution in [-0.4, -0.2) is 32.8 Å². The number of hydrogen-bond acceptors (Lipinski definition) is 3. The Labute approximate surface area is 157 Å². The Kier molecular flexibility index (Phi) is 5.39. The molecule has 1 aromatic carbocycles. The highest BCUT2D eigenvalue weighted by molar-refractivity contribution is 5.95. The van der Waals surface area contributed by atoms with E-state index < -0.39 is 52.8 Å². The number of carbonyl (C=O) groups is 2. The summed E-state index contributed by atoms with van der Waals surface area (Å²) in [5.41, 5.74) is -2.50. The molecule has 10 heteroatoms. The van der Waals surface area contributed by atoms with Crippen LogP contribution in [0.25, 0.3) is 5.69 Å². The van der Waals surface area contributed by atoms with Crippen LogP contribution in [0, 0.1) is 11.7 Å². The van der Waals surface area contributed by atoms with Crippen LogP contribution in [0.15, 0.2) is 30.5 Å². The van der Waals surface area contributed by atoms with E-state index in [2.05, 4.69) is 10.4 Å². The van der Waals surface area contributed by atoms with Crippen LogP contribution in [0.2, 0.25) is 0 Å². The summed E-state index contributed by atoms with van der Waals surface area (Å²) in [6, 6.07) is 4.39. The van der Waals surface area contributed by atoms with Gasteiger partial charge in [-0.25, -0.2) is 9.07 Å². The van der Waals surface area contributed by atoms with Crippen molar-refractivity contribution in [3.05, 3.63) is 47.5 Å². The van der Waals surface area contributed by atoms with Crippen molar-refractivity contribution in [2.75, 3.05) is 0 Å². The van der Waals surface area contributed by atoms with Crippen LogP contribution in [-0.2, 0) is 11.0 Å². The zero-order valence-electron chi connectivity index (χ0n) is 14.5. The molecule has 6 nitrogen and oxygen atoms in total. The van der Waals surface area contributed by atoms with Gasteiger partial charge in [0.2, 0.25) is 0 Å². The average Bonchev–Trinajstić information content (AvgIpc) is 3.08. The van der Waals surface area contributed by atoms with Crippen LogP contribution in [0.1, 0.15) is 41.7 Å². The van der Waals surface area contributed by atoms with Crippen molar-refractivity contribution in [3.63, 3.8) is 0 Å². The summed E-state index contributed by atoms with van der Waals surface area (Å²) in [4.78, 5) is 23.4. The zero-order valence-corrected chi connectivity index (χ0v) is 14.5. The Balaban J connectivity index is 1.85. The number of carboxylic acid groups (broad SMARTS) is 1. The van der Waals surface area contributed by atoms with E-state index in [4.69, 9.17) is 5.11 Å². The predicted molar refractivity (Wildman–Crippen MR) is 89.4 cm³/mol. The van der Waals surface area contributed by atoms with Crippen molar-refractivity contribution < 1.29 is 32.3 Å². The number of amides is 1. The molecular formula is C18H17F4N3O3. The molecule has 0 saturated heterocycles.